The second-order valence-electron chi connectivity index (χ2n) is 10.5. The lowest BCUT2D eigenvalue weighted by Gasteiger charge is -2.40. The lowest BCUT2D eigenvalue weighted by molar-refractivity contribution is 0.444. The van der Waals surface area contributed by atoms with Crippen LogP contribution in [-0.2, 0) is 0 Å². The summed E-state index contributed by atoms with van der Waals surface area (Å²) in [6.07, 6.45) is 0. The van der Waals surface area contributed by atoms with Gasteiger partial charge in [-0.1, -0.05) is 75.7 Å². The molecule has 150 valence electrons. The molecule has 0 bridgehead atoms. The first-order valence-electron chi connectivity index (χ1n) is 9.66. The largest absolute Gasteiger partial charge is 0.541 e. The average molecular weight is 468 g/mol. The molecule has 0 aliphatic rings. The molecule has 0 aromatic heterocycles. The Morgan fingerprint density at radius 2 is 1.26 bits per heavy atom. The Hall–Kier alpha value is -0.786. The second kappa shape index (κ2) is 7.23. The minimum absolute atomic E-state index is 0.116. The minimum atomic E-state index is -2.02. The molecule has 2 rings (SSSR count). The van der Waals surface area contributed by atoms with Crippen LogP contribution in [0.1, 0.15) is 41.5 Å². The molecule has 27 heavy (non-hydrogen) atoms. The number of rotatable bonds is 4. The highest BCUT2D eigenvalue weighted by atomic mass is 79.9. The fourth-order valence-corrected chi connectivity index (χ4v) is 4.90. The van der Waals surface area contributed by atoms with Crippen molar-refractivity contribution in [1.82, 2.24) is 0 Å². The summed E-state index contributed by atoms with van der Waals surface area (Å²) in [6, 6.07) is 10.5. The van der Waals surface area contributed by atoms with Crippen LogP contribution >= 0.6 is 15.9 Å². The third kappa shape index (κ3) is 4.62. The van der Waals surface area contributed by atoms with Gasteiger partial charge in [-0.05, 0) is 53.8 Å². The first-order valence-corrected chi connectivity index (χ1v) is 16.3. The van der Waals surface area contributed by atoms with Gasteiger partial charge in [0.1, 0.15) is 5.75 Å². The molecular weight excluding hydrogens is 432 g/mol. The van der Waals surface area contributed by atoms with Crippen LogP contribution in [0.5, 0.6) is 11.5 Å². The van der Waals surface area contributed by atoms with Gasteiger partial charge in [-0.2, -0.15) is 0 Å². The summed E-state index contributed by atoms with van der Waals surface area (Å²) in [5.41, 5.74) is 0. The van der Waals surface area contributed by atoms with Crippen LogP contribution in [0.2, 0.25) is 36.3 Å². The Balaban J connectivity index is 2.70. The maximum absolute atomic E-state index is 6.86. The van der Waals surface area contributed by atoms with Gasteiger partial charge in [0, 0.05) is 9.86 Å². The van der Waals surface area contributed by atoms with Gasteiger partial charge in [-0.25, -0.2) is 0 Å². The van der Waals surface area contributed by atoms with E-state index in [1.165, 1.54) is 5.39 Å². The van der Waals surface area contributed by atoms with E-state index in [0.29, 0.717) is 0 Å². The summed E-state index contributed by atoms with van der Waals surface area (Å²) in [5, 5.41) is 2.52. The smallest absolute Gasteiger partial charge is 0.250 e. The van der Waals surface area contributed by atoms with E-state index >= 15 is 0 Å². The molecule has 0 aliphatic heterocycles. The van der Waals surface area contributed by atoms with Crippen LogP contribution < -0.4 is 8.85 Å². The SMILES string of the molecule is CC(C)(C)[Si](C)(C)Oc1ccc2cccc(Br)c2c1O[Si](C)(C)C(C)(C)C. The molecule has 0 radical (unpaired) electrons. The molecule has 2 aromatic rings. The van der Waals surface area contributed by atoms with E-state index < -0.39 is 16.6 Å². The Morgan fingerprint density at radius 1 is 0.741 bits per heavy atom. The zero-order valence-corrected chi connectivity index (χ0v) is 22.2. The molecule has 5 heteroatoms. The normalized spacial score (nSPS) is 13.7. The number of benzene rings is 2. The van der Waals surface area contributed by atoms with E-state index in [1.807, 2.05) is 0 Å². The maximum atomic E-state index is 6.86. The topological polar surface area (TPSA) is 18.5 Å². The van der Waals surface area contributed by atoms with Crippen molar-refractivity contribution in [2.75, 3.05) is 0 Å². The highest BCUT2D eigenvalue weighted by Crippen LogP contribution is 2.47. The molecular formula is C22H35BrO2Si2. The van der Waals surface area contributed by atoms with E-state index in [1.54, 1.807) is 0 Å². The molecule has 2 nitrogen and oxygen atoms in total. The van der Waals surface area contributed by atoms with E-state index in [4.69, 9.17) is 8.85 Å². The predicted octanol–water partition coefficient (Wildman–Crippen LogP) is 8.37. The van der Waals surface area contributed by atoms with Crippen LogP contribution in [0.3, 0.4) is 0 Å². The summed E-state index contributed by atoms with van der Waals surface area (Å²) < 4.78 is 14.6. The summed E-state index contributed by atoms with van der Waals surface area (Å²) in [4.78, 5) is 0. The fourth-order valence-electron chi connectivity index (χ4n) is 2.30. The number of hydrogen-bond donors (Lipinski definition) is 0. The van der Waals surface area contributed by atoms with Gasteiger partial charge in [-0.3, -0.25) is 0 Å². The van der Waals surface area contributed by atoms with Crippen molar-refractivity contribution in [3.05, 3.63) is 34.8 Å². The molecule has 0 saturated carbocycles. The lowest BCUT2D eigenvalue weighted by atomic mass is 10.1. The number of halogens is 1. The van der Waals surface area contributed by atoms with Crippen molar-refractivity contribution >= 4 is 43.3 Å². The van der Waals surface area contributed by atoms with Gasteiger partial charge in [0.15, 0.2) is 5.75 Å². The van der Waals surface area contributed by atoms with Gasteiger partial charge in [-0.15, -0.1) is 0 Å². The van der Waals surface area contributed by atoms with Gasteiger partial charge in [0.2, 0.25) is 0 Å². The molecule has 0 unspecified atom stereocenters. The van der Waals surface area contributed by atoms with Crippen LogP contribution in [0, 0.1) is 0 Å². The Kier molecular flexibility index (Phi) is 6.03. The molecule has 0 saturated heterocycles. The third-order valence-corrected chi connectivity index (χ3v) is 15.6. The quantitative estimate of drug-likeness (QED) is 0.421. The summed E-state index contributed by atoms with van der Waals surface area (Å²) in [7, 11) is -4.01. The van der Waals surface area contributed by atoms with Crippen LogP contribution in [0.15, 0.2) is 34.8 Å². The zero-order chi connectivity index (χ0) is 20.8. The Bertz CT molecular complexity index is 831. The first-order chi connectivity index (χ1) is 12.1. The molecule has 0 N–H and O–H groups in total. The van der Waals surface area contributed by atoms with Crippen LogP contribution in [0.25, 0.3) is 10.8 Å². The highest BCUT2D eigenvalue weighted by molar-refractivity contribution is 9.10. The van der Waals surface area contributed by atoms with Crippen molar-refractivity contribution < 1.29 is 8.85 Å². The van der Waals surface area contributed by atoms with Crippen LogP contribution in [0.4, 0.5) is 0 Å². The van der Waals surface area contributed by atoms with Crippen molar-refractivity contribution in [1.29, 1.82) is 0 Å². The lowest BCUT2D eigenvalue weighted by Crippen LogP contribution is -2.45. The van der Waals surface area contributed by atoms with Gasteiger partial charge >= 0.3 is 0 Å². The summed E-state index contributed by atoms with van der Waals surface area (Å²) in [5.74, 6) is 1.78. The van der Waals surface area contributed by atoms with E-state index in [2.05, 4.69) is 114 Å². The summed E-state index contributed by atoms with van der Waals surface area (Å²) >= 11 is 3.75. The average Bonchev–Trinajstić information content (AvgIpc) is 2.47. The standard InChI is InChI=1S/C22H35BrO2Si2/c1-21(2,3)26(7,8)24-18-15-14-16-12-11-13-17(23)19(16)20(18)25-27(9,10)22(4,5)6/h11-15H,1-10H3. The molecule has 0 spiro atoms. The van der Waals surface area contributed by atoms with Crippen molar-refractivity contribution in [3.63, 3.8) is 0 Å². The first kappa shape index (κ1) is 22.5. The second-order valence-corrected chi connectivity index (χ2v) is 20.8. The van der Waals surface area contributed by atoms with Crippen molar-refractivity contribution in [2.45, 2.75) is 77.8 Å². The molecule has 0 amide bonds. The Morgan fingerprint density at radius 3 is 1.78 bits per heavy atom. The van der Waals surface area contributed by atoms with Gasteiger partial charge < -0.3 is 8.85 Å². The fraction of sp³-hybridized carbons (Fsp3) is 0.545. The zero-order valence-electron chi connectivity index (χ0n) is 18.6. The molecule has 0 aliphatic carbocycles. The maximum Gasteiger partial charge on any atom is 0.250 e. The molecule has 0 fully saturated rings. The minimum Gasteiger partial charge on any atom is -0.541 e. The number of fused-ring (bicyclic) bond motifs is 1. The Labute approximate surface area is 176 Å². The molecule has 0 atom stereocenters. The van der Waals surface area contributed by atoms with E-state index in [0.717, 1.165) is 21.4 Å². The van der Waals surface area contributed by atoms with E-state index in [-0.39, 0.29) is 10.1 Å². The monoisotopic (exact) mass is 466 g/mol. The predicted molar refractivity (Wildman–Crippen MR) is 127 cm³/mol. The molecule has 2 aromatic carbocycles. The number of hydrogen-bond acceptors (Lipinski definition) is 2. The highest BCUT2D eigenvalue weighted by Gasteiger charge is 2.42. The van der Waals surface area contributed by atoms with Crippen molar-refractivity contribution in [3.8, 4) is 11.5 Å². The van der Waals surface area contributed by atoms with Crippen molar-refractivity contribution in [2.24, 2.45) is 0 Å². The van der Waals surface area contributed by atoms with Crippen LogP contribution in [-0.4, -0.2) is 16.6 Å². The summed E-state index contributed by atoms with van der Waals surface area (Å²) in [6.45, 7) is 22.8. The molecule has 0 heterocycles. The van der Waals surface area contributed by atoms with Gasteiger partial charge in [0.25, 0.3) is 16.6 Å². The van der Waals surface area contributed by atoms with Gasteiger partial charge in [0.05, 0.1) is 0 Å². The third-order valence-electron chi connectivity index (χ3n) is 6.25. The van der Waals surface area contributed by atoms with E-state index in [9.17, 15) is 0 Å².